The first kappa shape index (κ1) is 24.2. The predicted molar refractivity (Wildman–Crippen MR) is 115 cm³/mol. The molecular weight excluding hydrogens is 461 g/mol. The minimum atomic E-state index is -2.64. The van der Waals surface area contributed by atoms with E-state index in [1.165, 1.54) is 29.2 Å². The number of pyridine rings is 1. The number of hydrogen-bond acceptors (Lipinski definition) is 4. The molecule has 2 N–H and O–H groups in total. The third kappa shape index (κ3) is 5.51. The molecular formula is C22H20ClF3N4O3. The molecule has 1 fully saturated rings. The second-order valence-corrected chi connectivity index (χ2v) is 7.91. The predicted octanol–water partition coefficient (Wildman–Crippen LogP) is 3.38. The Balaban J connectivity index is 1.94. The number of benzene rings is 1. The van der Waals surface area contributed by atoms with Crippen molar-refractivity contribution < 1.29 is 27.6 Å². The number of hydrogen-bond donors (Lipinski definition) is 1. The van der Waals surface area contributed by atoms with Crippen LogP contribution < -0.4 is 10.6 Å². The summed E-state index contributed by atoms with van der Waals surface area (Å²) in [7, 11) is 0. The van der Waals surface area contributed by atoms with Crippen LogP contribution in [0.2, 0.25) is 5.02 Å². The molecule has 1 aromatic heterocycles. The molecule has 7 nitrogen and oxygen atoms in total. The lowest BCUT2D eigenvalue weighted by Gasteiger charge is -2.40. The van der Waals surface area contributed by atoms with E-state index in [1.54, 1.807) is 0 Å². The Morgan fingerprint density at radius 1 is 1.24 bits per heavy atom. The SMILES string of the molecule is C=C(CCC(N)=O)[C@H]1C(=O)N(c2ncc(Cl)cc2F)CC(=O)N1Cc1ccc(C(F)F)cc1. The van der Waals surface area contributed by atoms with Crippen molar-refractivity contribution >= 4 is 35.1 Å². The van der Waals surface area contributed by atoms with Gasteiger partial charge in [-0.15, -0.1) is 0 Å². The zero-order chi connectivity index (χ0) is 24.3. The Kier molecular flexibility index (Phi) is 7.37. The van der Waals surface area contributed by atoms with Gasteiger partial charge in [0.05, 0.1) is 5.02 Å². The van der Waals surface area contributed by atoms with E-state index >= 15 is 0 Å². The van der Waals surface area contributed by atoms with Crippen molar-refractivity contribution in [2.75, 3.05) is 11.4 Å². The number of rotatable bonds is 8. The summed E-state index contributed by atoms with van der Waals surface area (Å²) in [6, 6.07) is 5.04. The molecule has 11 heteroatoms. The van der Waals surface area contributed by atoms with E-state index in [0.29, 0.717) is 5.56 Å². The van der Waals surface area contributed by atoms with Crippen LogP contribution in [0.5, 0.6) is 0 Å². The molecule has 1 aromatic carbocycles. The molecule has 0 bridgehead atoms. The molecule has 2 aromatic rings. The monoisotopic (exact) mass is 480 g/mol. The number of aromatic nitrogens is 1. The minimum absolute atomic E-state index is 0.0170. The van der Waals surface area contributed by atoms with Gasteiger partial charge in [0.15, 0.2) is 11.6 Å². The van der Waals surface area contributed by atoms with Crippen LogP contribution in [-0.4, -0.2) is 40.2 Å². The number of alkyl halides is 2. The molecule has 2 heterocycles. The molecule has 0 unspecified atom stereocenters. The number of amides is 3. The van der Waals surface area contributed by atoms with Gasteiger partial charge < -0.3 is 10.6 Å². The van der Waals surface area contributed by atoms with Crippen LogP contribution in [0.25, 0.3) is 0 Å². The first-order chi connectivity index (χ1) is 15.6. The number of halogens is 4. The zero-order valence-electron chi connectivity index (χ0n) is 17.3. The van der Waals surface area contributed by atoms with E-state index in [1.807, 2.05) is 0 Å². The van der Waals surface area contributed by atoms with E-state index in [0.717, 1.165) is 17.2 Å². The first-order valence-electron chi connectivity index (χ1n) is 9.83. The Hall–Kier alpha value is -3.40. The van der Waals surface area contributed by atoms with Crippen molar-refractivity contribution in [2.45, 2.75) is 31.9 Å². The molecule has 174 valence electrons. The summed E-state index contributed by atoms with van der Waals surface area (Å²) in [6.45, 7) is 3.26. The van der Waals surface area contributed by atoms with Gasteiger partial charge in [0.25, 0.3) is 12.3 Å². The first-order valence-corrected chi connectivity index (χ1v) is 10.2. The van der Waals surface area contributed by atoms with E-state index in [-0.39, 0.29) is 41.4 Å². The normalized spacial score (nSPS) is 16.5. The summed E-state index contributed by atoms with van der Waals surface area (Å²) in [5, 5.41) is 0.0170. The molecule has 0 saturated carbocycles. The second-order valence-electron chi connectivity index (χ2n) is 7.47. The number of nitrogens with zero attached hydrogens (tertiary/aromatic N) is 3. The van der Waals surface area contributed by atoms with Crippen molar-refractivity contribution in [3.63, 3.8) is 0 Å². The maximum Gasteiger partial charge on any atom is 0.263 e. The van der Waals surface area contributed by atoms with Gasteiger partial charge >= 0.3 is 0 Å². The largest absolute Gasteiger partial charge is 0.370 e. The Labute approximate surface area is 192 Å². The summed E-state index contributed by atoms with van der Waals surface area (Å²) in [5.41, 5.74) is 5.73. The molecule has 0 radical (unpaired) electrons. The Morgan fingerprint density at radius 2 is 1.91 bits per heavy atom. The molecule has 1 atom stereocenters. The highest BCUT2D eigenvalue weighted by atomic mass is 35.5. The van der Waals surface area contributed by atoms with Crippen molar-refractivity contribution in [1.82, 2.24) is 9.88 Å². The highest BCUT2D eigenvalue weighted by Gasteiger charge is 2.42. The summed E-state index contributed by atoms with van der Waals surface area (Å²) in [4.78, 5) is 43.6. The lowest BCUT2D eigenvalue weighted by atomic mass is 9.97. The molecule has 1 saturated heterocycles. The van der Waals surface area contributed by atoms with E-state index in [4.69, 9.17) is 17.3 Å². The molecule has 0 spiro atoms. The zero-order valence-corrected chi connectivity index (χ0v) is 18.1. The van der Waals surface area contributed by atoms with Gasteiger partial charge in [-0.3, -0.25) is 19.3 Å². The van der Waals surface area contributed by atoms with E-state index in [9.17, 15) is 27.6 Å². The number of carbonyl (C=O) groups is 3. The van der Waals surface area contributed by atoms with Crippen LogP contribution in [0.15, 0.2) is 48.7 Å². The van der Waals surface area contributed by atoms with Crippen molar-refractivity contribution in [2.24, 2.45) is 5.73 Å². The number of nitrogens with two attached hydrogens (primary N) is 1. The lowest BCUT2D eigenvalue weighted by Crippen LogP contribution is -2.60. The van der Waals surface area contributed by atoms with Crippen LogP contribution >= 0.6 is 11.6 Å². The Morgan fingerprint density at radius 3 is 2.48 bits per heavy atom. The topological polar surface area (TPSA) is 96.6 Å². The van der Waals surface area contributed by atoms with Crippen LogP contribution in [0.4, 0.5) is 19.0 Å². The number of primary amides is 1. The van der Waals surface area contributed by atoms with Crippen LogP contribution in [-0.2, 0) is 20.9 Å². The fraction of sp³-hybridized carbons (Fsp3) is 0.273. The highest BCUT2D eigenvalue weighted by molar-refractivity contribution is 6.30. The van der Waals surface area contributed by atoms with Gasteiger partial charge in [-0.05, 0) is 23.6 Å². The molecule has 3 amide bonds. The van der Waals surface area contributed by atoms with Crippen molar-refractivity contribution in [1.29, 1.82) is 0 Å². The fourth-order valence-electron chi connectivity index (χ4n) is 3.47. The summed E-state index contributed by atoms with van der Waals surface area (Å²) < 4.78 is 40.1. The van der Waals surface area contributed by atoms with Gasteiger partial charge in [0.2, 0.25) is 11.8 Å². The van der Waals surface area contributed by atoms with E-state index < -0.39 is 42.6 Å². The van der Waals surface area contributed by atoms with Gasteiger partial charge in [0.1, 0.15) is 12.6 Å². The number of piperazine rings is 1. The van der Waals surface area contributed by atoms with Crippen molar-refractivity contribution in [3.05, 3.63) is 70.6 Å². The molecule has 1 aliphatic rings. The Bertz CT molecular complexity index is 1090. The lowest BCUT2D eigenvalue weighted by molar-refractivity contribution is -0.142. The van der Waals surface area contributed by atoms with Crippen LogP contribution in [0.1, 0.15) is 30.4 Å². The fourth-order valence-corrected chi connectivity index (χ4v) is 3.62. The van der Waals surface area contributed by atoms with Crippen LogP contribution in [0, 0.1) is 5.82 Å². The third-order valence-electron chi connectivity index (χ3n) is 5.13. The highest BCUT2D eigenvalue weighted by Crippen LogP contribution is 2.29. The maximum atomic E-state index is 14.5. The van der Waals surface area contributed by atoms with Gasteiger partial charge in [0, 0.05) is 24.7 Å². The standard InChI is InChI=1S/C22H20ClF3N4O3/c1-12(2-7-17(27)31)19-22(33)30(21-16(24)8-15(23)9-28-21)11-18(32)29(19)10-13-3-5-14(6-4-13)20(25)26/h3-6,8-9,19-20H,1-2,7,10-11H2,(H2,27,31)/t19-/m0/s1. The second kappa shape index (κ2) is 10.0. The van der Waals surface area contributed by atoms with E-state index in [2.05, 4.69) is 11.6 Å². The third-order valence-corrected chi connectivity index (χ3v) is 5.34. The number of carbonyl (C=O) groups excluding carboxylic acids is 3. The minimum Gasteiger partial charge on any atom is -0.370 e. The quantitative estimate of drug-likeness (QED) is 0.586. The molecule has 3 rings (SSSR count). The summed E-state index contributed by atoms with van der Waals surface area (Å²) >= 11 is 5.73. The van der Waals surface area contributed by atoms with Gasteiger partial charge in [-0.1, -0.05) is 42.4 Å². The average molecular weight is 481 g/mol. The smallest absolute Gasteiger partial charge is 0.263 e. The summed E-state index contributed by atoms with van der Waals surface area (Å²) in [5.74, 6) is -3.11. The maximum absolute atomic E-state index is 14.5. The van der Waals surface area contributed by atoms with Gasteiger partial charge in [-0.25, -0.2) is 18.2 Å². The average Bonchev–Trinajstić information content (AvgIpc) is 2.75. The molecule has 1 aliphatic heterocycles. The molecule has 0 aliphatic carbocycles. The molecule has 33 heavy (non-hydrogen) atoms. The summed E-state index contributed by atoms with van der Waals surface area (Å²) in [6.07, 6.45) is -1.59. The van der Waals surface area contributed by atoms with Gasteiger partial charge in [-0.2, -0.15) is 0 Å². The van der Waals surface area contributed by atoms with Crippen LogP contribution in [0.3, 0.4) is 0 Å². The van der Waals surface area contributed by atoms with Crippen molar-refractivity contribution in [3.8, 4) is 0 Å². The number of anilines is 1.